The number of esters is 2. The number of rotatable bonds is 35. The summed E-state index contributed by atoms with van der Waals surface area (Å²) in [6.07, 6.45) is 24.7. The molecule has 0 aromatic heterocycles. The lowest BCUT2D eigenvalue weighted by atomic mass is 9.85. The molecule has 1 saturated carbocycles. The van der Waals surface area contributed by atoms with Gasteiger partial charge in [-0.3, -0.25) is 18.6 Å². The van der Waals surface area contributed by atoms with Crippen LogP contribution in [0.2, 0.25) is 0 Å². The average molecular weight is 873 g/mol. The second-order valence-corrected chi connectivity index (χ2v) is 17.3. The van der Waals surface area contributed by atoms with Crippen molar-refractivity contribution in [3.05, 3.63) is 48.6 Å². The average Bonchev–Trinajstić information content (AvgIpc) is 3.98. The summed E-state index contributed by atoms with van der Waals surface area (Å²) in [5, 5.41) is 50.1. The van der Waals surface area contributed by atoms with Crippen LogP contribution in [0, 0.1) is 0 Å². The van der Waals surface area contributed by atoms with E-state index in [9.17, 15) is 44.6 Å². The SMILES string of the molecule is CCCCC/C=C\C/C=C\C/C=C\CC1OC1CCCC(=O)OC[C@H](COP(=O)(O)OC1[C@H](O)[C@H](O)C(O)[C@H](O)[C@H]1O)OC(=O)CCCCCCC/C=C\CCCCCC. The van der Waals surface area contributed by atoms with Crippen LogP contribution in [-0.2, 0) is 37.4 Å². The summed E-state index contributed by atoms with van der Waals surface area (Å²) >= 11 is 0. The van der Waals surface area contributed by atoms with E-state index in [-0.39, 0.29) is 25.0 Å². The lowest BCUT2D eigenvalue weighted by molar-refractivity contribution is -0.220. The molecular weight excluding hydrogens is 795 g/mol. The van der Waals surface area contributed by atoms with Crippen molar-refractivity contribution in [2.24, 2.45) is 0 Å². The van der Waals surface area contributed by atoms with Gasteiger partial charge in [-0.2, -0.15) is 0 Å². The van der Waals surface area contributed by atoms with Gasteiger partial charge in [-0.1, -0.05) is 114 Å². The Morgan fingerprint density at radius 2 is 1.10 bits per heavy atom. The second kappa shape index (κ2) is 32.4. The molecule has 10 atom stereocenters. The lowest BCUT2D eigenvalue weighted by Crippen LogP contribution is -2.64. The van der Waals surface area contributed by atoms with Gasteiger partial charge in [-0.15, -0.1) is 0 Å². The first-order valence-corrected chi connectivity index (χ1v) is 24.1. The Morgan fingerprint density at radius 1 is 0.600 bits per heavy atom. The minimum Gasteiger partial charge on any atom is -0.462 e. The van der Waals surface area contributed by atoms with Crippen LogP contribution >= 0.6 is 7.82 Å². The van der Waals surface area contributed by atoms with Gasteiger partial charge in [0, 0.05) is 12.8 Å². The fourth-order valence-electron chi connectivity index (χ4n) is 6.78. The highest BCUT2D eigenvalue weighted by atomic mass is 31.2. The molecule has 1 aliphatic heterocycles. The molecule has 0 spiro atoms. The van der Waals surface area contributed by atoms with Crippen molar-refractivity contribution in [3.8, 4) is 0 Å². The Hall–Kier alpha value is -2.23. The molecule has 346 valence electrons. The van der Waals surface area contributed by atoms with Crippen molar-refractivity contribution in [3.63, 3.8) is 0 Å². The van der Waals surface area contributed by atoms with Crippen molar-refractivity contribution in [1.29, 1.82) is 0 Å². The number of carbonyl (C=O) groups excluding carboxylic acids is 2. The maximum atomic E-state index is 12.8. The van der Waals surface area contributed by atoms with E-state index in [0.717, 1.165) is 64.2 Å². The van der Waals surface area contributed by atoms with Crippen LogP contribution in [0.5, 0.6) is 0 Å². The first kappa shape index (κ1) is 53.9. The van der Waals surface area contributed by atoms with Gasteiger partial charge in [-0.05, 0) is 77.0 Å². The number of unbranched alkanes of at least 4 members (excludes halogenated alkanes) is 12. The van der Waals surface area contributed by atoms with E-state index in [1.54, 1.807) is 0 Å². The Kier molecular flexibility index (Phi) is 29.1. The van der Waals surface area contributed by atoms with E-state index in [0.29, 0.717) is 19.3 Å². The number of ether oxygens (including phenoxy) is 3. The van der Waals surface area contributed by atoms with Gasteiger partial charge in [0.15, 0.2) is 6.10 Å². The molecule has 1 heterocycles. The second-order valence-electron chi connectivity index (χ2n) is 15.9. The fourth-order valence-corrected chi connectivity index (χ4v) is 7.75. The molecule has 2 rings (SSSR count). The van der Waals surface area contributed by atoms with Crippen molar-refractivity contribution >= 4 is 19.8 Å². The molecule has 15 heteroatoms. The summed E-state index contributed by atoms with van der Waals surface area (Å²) in [6, 6.07) is 0. The number of carbonyl (C=O) groups is 2. The van der Waals surface area contributed by atoms with Gasteiger partial charge < -0.3 is 44.6 Å². The number of hydrogen-bond donors (Lipinski definition) is 6. The van der Waals surface area contributed by atoms with E-state index in [1.807, 2.05) is 0 Å². The van der Waals surface area contributed by atoms with Crippen LogP contribution in [0.25, 0.3) is 0 Å². The third-order valence-corrected chi connectivity index (χ3v) is 11.6. The van der Waals surface area contributed by atoms with Gasteiger partial charge in [0.2, 0.25) is 0 Å². The summed E-state index contributed by atoms with van der Waals surface area (Å²) in [5.41, 5.74) is 0. The van der Waals surface area contributed by atoms with Gasteiger partial charge in [0.1, 0.15) is 43.2 Å². The zero-order valence-electron chi connectivity index (χ0n) is 36.2. The molecule has 5 unspecified atom stereocenters. The third-order valence-electron chi connectivity index (χ3n) is 10.6. The quantitative estimate of drug-likeness (QED) is 0.0120. The fraction of sp³-hybridized carbons (Fsp3) is 0.778. The molecule has 2 fully saturated rings. The van der Waals surface area contributed by atoms with E-state index < -0.39 is 75.7 Å². The Labute approximate surface area is 358 Å². The lowest BCUT2D eigenvalue weighted by Gasteiger charge is -2.41. The van der Waals surface area contributed by atoms with Gasteiger partial charge in [0.05, 0.1) is 18.8 Å². The first-order chi connectivity index (χ1) is 28.9. The highest BCUT2D eigenvalue weighted by molar-refractivity contribution is 7.47. The Morgan fingerprint density at radius 3 is 1.75 bits per heavy atom. The topological polar surface area (TPSA) is 222 Å². The summed E-state index contributed by atoms with van der Waals surface area (Å²) < 4.78 is 39.2. The highest BCUT2D eigenvalue weighted by Gasteiger charge is 2.51. The maximum Gasteiger partial charge on any atom is 0.472 e. The van der Waals surface area contributed by atoms with Crippen LogP contribution in [0.3, 0.4) is 0 Å². The Balaban J connectivity index is 1.76. The van der Waals surface area contributed by atoms with Crippen molar-refractivity contribution in [2.45, 2.75) is 210 Å². The molecule has 0 amide bonds. The number of allylic oxidation sites excluding steroid dienone is 7. The normalized spacial score (nSPS) is 26.0. The van der Waals surface area contributed by atoms with Gasteiger partial charge in [-0.25, -0.2) is 4.57 Å². The van der Waals surface area contributed by atoms with Crippen molar-refractivity contribution < 1.29 is 67.8 Å². The zero-order valence-corrected chi connectivity index (χ0v) is 37.1. The van der Waals surface area contributed by atoms with Crippen LogP contribution in [-0.4, -0.2) is 111 Å². The molecule has 60 heavy (non-hydrogen) atoms. The van der Waals surface area contributed by atoms with Gasteiger partial charge >= 0.3 is 19.8 Å². The maximum absolute atomic E-state index is 12.8. The predicted molar refractivity (Wildman–Crippen MR) is 230 cm³/mol. The standard InChI is InChI=1S/C45H77O14P/c1-3-5-7-9-11-13-15-17-19-21-23-25-27-31-39(47)57-35(34-56-60(53,54)59-45-43(51)41(49)40(48)42(50)44(45)52)33-55-38(46)32-28-30-37-36(58-37)29-26-24-22-20-18-16-14-12-10-8-6-4-2/h12-15,18,20,24,26,35-37,40-45,48-52H,3-11,16-17,19,21-23,25,27-34H2,1-2H3,(H,53,54)/b14-12-,15-13-,20-18-,26-24-/t35-,36?,37?,40?,41-,42+,43-,44-,45?/m1/s1. The number of epoxide rings is 1. The van der Waals surface area contributed by atoms with Gasteiger partial charge in [0.25, 0.3) is 0 Å². The zero-order chi connectivity index (χ0) is 44.0. The van der Waals surface area contributed by atoms with Crippen LogP contribution in [0.4, 0.5) is 0 Å². The summed E-state index contributed by atoms with van der Waals surface area (Å²) in [6.45, 7) is 3.17. The number of aliphatic hydroxyl groups excluding tert-OH is 5. The molecule has 0 bridgehead atoms. The summed E-state index contributed by atoms with van der Waals surface area (Å²) in [7, 11) is -5.14. The predicted octanol–water partition coefficient (Wildman–Crippen LogP) is 7.38. The molecule has 0 aromatic rings. The Bertz CT molecular complexity index is 1300. The largest absolute Gasteiger partial charge is 0.472 e. The number of phosphoric acid groups is 1. The van der Waals surface area contributed by atoms with E-state index in [2.05, 4.69) is 62.5 Å². The monoisotopic (exact) mass is 873 g/mol. The number of phosphoric ester groups is 1. The van der Waals surface area contributed by atoms with E-state index in [1.165, 1.54) is 44.9 Å². The molecule has 14 nitrogen and oxygen atoms in total. The van der Waals surface area contributed by atoms with Crippen molar-refractivity contribution in [1.82, 2.24) is 0 Å². The van der Waals surface area contributed by atoms with Crippen molar-refractivity contribution in [2.75, 3.05) is 13.2 Å². The molecule has 0 radical (unpaired) electrons. The molecule has 2 aliphatic rings. The minimum atomic E-state index is -5.14. The molecule has 6 N–H and O–H groups in total. The molecule has 1 saturated heterocycles. The van der Waals surface area contributed by atoms with Crippen LogP contribution < -0.4 is 0 Å². The number of hydrogen-bond acceptors (Lipinski definition) is 13. The molecule has 0 aromatic carbocycles. The highest BCUT2D eigenvalue weighted by Crippen LogP contribution is 2.47. The first-order valence-electron chi connectivity index (χ1n) is 22.6. The smallest absolute Gasteiger partial charge is 0.462 e. The third kappa shape index (κ3) is 24.4. The minimum absolute atomic E-state index is 0.0604. The molecular formula is C45H77O14P. The van der Waals surface area contributed by atoms with Crippen LogP contribution in [0.15, 0.2) is 48.6 Å². The summed E-state index contributed by atoms with van der Waals surface area (Å²) in [4.78, 5) is 35.8. The van der Waals surface area contributed by atoms with E-state index >= 15 is 0 Å². The van der Waals surface area contributed by atoms with E-state index in [4.69, 9.17) is 23.3 Å². The molecule has 1 aliphatic carbocycles. The van der Waals surface area contributed by atoms with Crippen LogP contribution in [0.1, 0.15) is 155 Å². The summed E-state index contributed by atoms with van der Waals surface area (Å²) in [5.74, 6) is -1.19. The number of aliphatic hydroxyl groups is 5.